The number of pyridine rings is 1. The van der Waals surface area contributed by atoms with E-state index in [1.165, 1.54) is 24.3 Å². The number of rotatable bonds is 5. The third-order valence-corrected chi connectivity index (χ3v) is 4.34. The molecule has 0 aliphatic carbocycles. The van der Waals surface area contributed by atoms with Crippen molar-refractivity contribution < 1.29 is 27.8 Å². The molecule has 3 rings (SSSR count). The van der Waals surface area contributed by atoms with E-state index in [1.807, 2.05) is 0 Å². The zero-order valence-corrected chi connectivity index (χ0v) is 14.9. The van der Waals surface area contributed by atoms with Crippen molar-refractivity contribution in [2.75, 3.05) is 20.3 Å². The van der Waals surface area contributed by atoms with Crippen LogP contribution in [0.1, 0.15) is 38.9 Å². The summed E-state index contributed by atoms with van der Waals surface area (Å²) in [6.45, 7) is 2.09. The van der Waals surface area contributed by atoms with Crippen LogP contribution in [-0.2, 0) is 17.7 Å². The van der Waals surface area contributed by atoms with Gasteiger partial charge in [0.25, 0.3) is 5.91 Å². The molecule has 1 aromatic heterocycles. The van der Waals surface area contributed by atoms with E-state index in [0.29, 0.717) is 12.0 Å². The number of nitrogens with zero attached hydrogens (tertiary/aromatic N) is 2. The molecule has 0 radical (unpaired) electrons. The van der Waals surface area contributed by atoms with E-state index in [9.17, 15) is 18.4 Å². The minimum Gasteiger partial charge on any atom is -0.494 e. The number of methoxy groups -OCH3 is 1. The summed E-state index contributed by atoms with van der Waals surface area (Å²) < 4.78 is 37.3. The first-order valence-corrected chi connectivity index (χ1v) is 8.42. The van der Waals surface area contributed by atoms with Crippen LogP contribution in [0.3, 0.4) is 0 Å². The van der Waals surface area contributed by atoms with Crippen LogP contribution in [0.4, 0.5) is 8.78 Å². The monoisotopic (exact) mass is 376 g/mol. The lowest BCUT2D eigenvalue weighted by molar-refractivity contribution is 0.0517. The Hall–Kier alpha value is -3.03. The lowest BCUT2D eigenvalue weighted by Gasteiger charge is -2.30. The third-order valence-electron chi connectivity index (χ3n) is 4.34. The SMILES string of the molecule is CCOC(=O)c1ncc(OC)c2c1CCN(Cc1ccc(F)cc1F)C2=O. The molecule has 1 aliphatic rings. The topological polar surface area (TPSA) is 68.7 Å². The number of ether oxygens (including phenoxy) is 2. The predicted octanol–water partition coefficient (Wildman–Crippen LogP) is 2.74. The fraction of sp³-hybridized carbons (Fsp3) is 0.316. The van der Waals surface area contributed by atoms with Gasteiger partial charge in [-0.3, -0.25) is 4.79 Å². The zero-order chi connectivity index (χ0) is 19.6. The van der Waals surface area contributed by atoms with Crippen molar-refractivity contribution in [3.05, 3.63) is 58.4 Å². The van der Waals surface area contributed by atoms with E-state index in [1.54, 1.807) is 6.92 Å². The van der Waals surface area contributed by atoms with E-state index in [-0.39, 0.29) is 42.3 Å². The molecular formula is C19H18F2N2O4. The molecule has 8 heteroatoms. The second kappa shape index (κ2) is 7.69. The molecule has 0 saturated heterocycles. The second-order valence-corrected chi connectivity index (χ2v) is 5.96. The number of hydrogen-bond donors (Lipinski definition) is 0. The first kappa shape index (κ1) is 18.8. The lowest BCUT2D eigenvalue weighted by atomic mass is 9.96. The van der Waals surface area contributed by atoms with Crippen molar-refractivity contribution in [3.63, 3.8) is 0 Å². The van der Waals surface area contributed by atoms with Crippen molar-refractivity contribution in [1.82, 2.24) is 9.88 Å². The van der Waals surface area contributed by atoms with Gasteiger partial charge in [0.05, 0.1) is 25.5 Å². The Labute approximate surface area is 154 Å². The van der Waals surface area contributed by atoms with Crippen LogP contribution in [0.25, 0.3) is 0 Å². The summed E-state index contributed by atoms with van der Waals surface area (Å²) in [5.41, 5.74) is 0.943. The third kappa shape index (κ3) is 3.60. The number of aromatic nitrogens is 1. The van der Waals surface area contributed by atoms with Crippen molar-refractivity contribution in [1.29, 1.82) is 0 Å². The van der Waals surface area contributed by atoms with E-state index in [2.05, 4.69) is 4.98 Å². The number of amides is 1. The molecule has 27 heavy (non-hydrogen) atoms. The second-order valence-electron chi connectivity index (χ2n) is 5.96. The molecule has 0 spiro atoms. The van der Waals surface area contributed by atoms with Gasteiger partial charge in [-0.15, -0.1) is 0 Å². The number of carbonyl (C=O) groups is 2. The number of hydrogen-bond acceptors (Lipinski definition) is 5. The zero-order valence-electron chi connectivity index (χ0n) is 14.9. The molecule has 0 unspecified atom stereocenters. The van der Waals surface area contributed by atoms with Gasteiger partial charge >= 0.3 is 5.97 Å². The van der Waals surface area contributed by atoms with E-state index < -0.39 is 23.5 Å². The maximum Gasteiger partial charge on any atom is 0.357 e. The van der Waals surface area contributed by atoms with Gasteiger partial charge in [-0.05, 0) is 19.4 Å². The molecule has 142 valence electrons. The fourth-order valence-electron chi connectivity index (χ4n) is 3.05. The Kier molecular flexibility index (Phi) is 5.34. The Morgan fingerprint density at radius 3 is 2.78 bits per heavy atom. The molecule has 1 aliphatic heterocycles. The van der Waals surface area contributed by atoms with Gasteiger partial charge in [-0.25, -0.2) is 18.6 Å². The van der Waals surface area contributed by atoms with Crippen molar-refractivity contribution >= 4 is 11.9 Å². The summed E-state index contributed by atoms with van der Waals surface area (Å²) in [5, 5.41) is 0. The molecule has 2 heterocycles. The standard InChI is InChI=1S/C19H18F2N2O4/c1-3-27-19(25)17-13-6-7-23(10-11-4-5-12(20)8-14(11)21)18(24)16(13)15(26-2)9-22-17/h4-5,8-9H,3,6-7,10H2,1-2H3. The van der Waals surface area contributed by atoms with Gasteiger partial charge in [0.15, 0.2) is 5.69 Å². The summed E-state index contributed by atoms with van der Waals surface area (Å²) >= 11 is 0. The van der Waals surface area contributed by atoms with Gasteiger partial charge in [0.2, 0.25) is 0 Å². The van der Waals surface area contributed by atoms with Crippen LogP contribution in [-0.4, -0.2) is 42.0 Å². The number of fused-ring (bicyclic) bond motifs is 1. The van der Waals surface area contributed by atoms with Crippen molar-refractivity contribution in [2.24, 2.45) is 0 Å². The average molecular weight is 376 g/mol. The number of carbonyl (C=O) groups excluding carboxylic acids is 2. The molecule has 1 amide bonds. The Bertz CT molecular complexity index is 902. The highest BCUT2D eigenvalue weighted by atomic mass is 19.1. The molecule has 0 bridgehead atoms. The largest absolute Gasteiger partial charge is 0.494 e. The minimum atomic E-state index is -0.720. The van der Waals surface area contributed by atoms with Crippen LogP contribution < -0.4 is 4.74 Å². The molecule has 0 atom stereocenters. The Morgan fingerprint density at radius 2 is 2.11 bits per heavy atom. The summed E-state index contributed by atoms with van der Waals surface area (Å²) in [6, 6.07) is 3.23. The van der Waals surface area contributed by atoms with Crippen LogP contribution >= 0.6 is 0 Å². The van der Waals surface area contributed by atoms with E-state index >= 15 is 0 Å². The fourth-order valence-corrected chi connectivity index (χ4v) is 3.05. The smallest absolute Gasteiger partial charge is 0.357 e. The summed E-state index contributed by atoms with van der Waals surface area (Å²) in [6.07, 6.45) is 1.63. The average Bonchev–Trinajstić information content (AvgIpc) is 2.65. The molecule has 0 saturated carbocycles. The number of benzene rings is 1. The highest BCUT2D eigenvalue weighted by molar-refractivity contribution is 6.02. The first-order valence-electron chi connectivity index (χ1n) is 8.42. The Balaban J connectivity index is 1.96. The van der Waals surface area contributed by atoms with Crippen LogP contribution in [0, 0.1) is 11.6 Å². The van der Waals surface area contributed by atoms with Gasteiger partial charge < -0.3 is 14.4 Å². The van der Waals surface area contributed by atoms with Gasteiger partial charge in [0.1, 0.15) is 17.4 Å². The minimum absolute atomic E-state index is 0.0232. The Morgan fingerprint density at radius 1 is 1.33 bits per heavy atom. The molecule has 6 nitrogen and oxygen atoms in total. The van der Waals surface area contributed by atoms with Crippen LogP contribution in [0.15, 0.2) is 24.4 Å². The highest BCUT2D eigenvalue weighted by Crippen LogP contribution is 2.30. The van der Waals surface area contributed by atoms with E-state index in [4.69, 9.17) is 9.47 Å². The maximum absolute atomic E-state index is 14.0. The van der Waals surface area contributed by atoms with Gasteiger partial charge in [-0.2, -0.15) is 0 Å². The predicted molar refractivity (Wildman–Crippen MR) is 91.5 cm³/mol. The van der Waals surface area contributed by atoms with Crippen LogP contribution in [0.2, 0.25) is 0 Å². The molecule has 0 N–H and O–H groups in total. The van der Waals surface area contributed by atoms with Gasteiger partial charge in [-0.1, -0.05) is 6.07 Å². The molecule has 0 fully saturated rings. The van der Waals surface area contributed by atoms with Gasteiger partial charge in [0, 0.05) is 30.3 Å². The quantitative estimate of drug-likeness (QED) is 0.751. The summed E-state index contributed by atoms with van der Waals surface area (Å²) in [4.78, 5) is 30.6. The summed E-state index contributed by atoms with van der Waals surface area (Å²) in [5.74, 6) is -2.19. The molecule has 1 aromatic carbocycles. The number of esters is 1. The maximum atomic E-state index is 14.0. The van der Waals surface area contributed by atoms with Crippen molar-refractivity contribution in [3.8, 4) is 5.75 Å². The lowest BCUT2D eigenvalue weighted by Crippen LogP contribution is -2.38. The summed E-state index contributed by atoms with van der Waals surface area (Å²) in [7, 11) is 1.40. The molecular weight excluding hydrogens is 358 g/mol. The van der Waals surface area contributed by atoms with Crippen LogP contribution in [0.5, 0.6) is 5.75 Å². The highest BCUT2D eigenvalue weighted by Gasteiger charge is 2.33. The first-order chi connectivity index (χ1) is 13.0. The van der Waals surface area contributed by atoms with E-state index in [0.717, 1.165) is 12.1 Å². The normalized spacial score (nSPS) is 13.3. The number of halogens is 2. The van der Waals surface area contributed by atoms with Crippen molar-refractivity contribution in [2.45, 2.75) is 19.9 Å². The molecule has 2 aromatic rings.